The van der Waals surface area contributed by atoms with E-state index in [-0.39, 0.29) is 5.79 Å². The Balaban J connectivity index is 2.63. The molecular weight excluding hydrogens is 180 g/mol. The van der Waals surface area contributed by atoms with Crippen LogP contribution in [0.5, 0.6) is 0 Å². The topological polar surface area (TPSA) is 42.5 Å². The molecule has 2 N–H and O–H groups in total. The summed E-state index contributed by atoms with van der Waals surface area (Å²) in [4.78, 5) is 0. The maximum atomic E-state index is 5.46. The minimum absolute atomic E-state index is 0.388. The summed E-state index contributed by atoms with van der Waals surface area (Å²) in [6.07, 6.45) is 2.91. The molecule has 4 nitrogen and oxygen atoms in total. The van der Waals surface area contributed by atoms with E-state index in [1.807, 2.05) is 14.1 Å². The molecule has 1 aliphatic carbocycles. The van der Waals surface area contributed by atoms with Gasteiger partial charge < -0.3 is 20.1 Å². The van der Waals surface area contributed by atoms with Crippen LogP contribution in [0.1, 0.15) is 19.3 Å². The minimum Gasteiger partial charge on any atom is -0.353 e. The van der Waals surface area contributed by atoms with Gasteiger partial charge in [0, 0.05) is 39.1 Å². The first kappa shape index (κ1) is 11.9. The number of likely N-dealkylation sites (N-methyl/N-ethyl adjacent to an activating group) is 2. The van der Waals surface area contributed by atoms with Crippen molar-refractivity contribution in [2.75, 3.05) is 28.3 Å². The molecule has 4 heteroatoms. The lowest BCUT2D eigenvalue weighted by Crippen LogP contribution is -2.55. The highest BCUT2D eigenvalue weighted by Gasteiger charge is 2.40. The second-order valence-electron chi connectivity index (χ2n) is 3.85. The average Bonchev–Trinajstić information content (AvgIpc) is 2.28. The Morgan fingerprint density at radius 3 is 2.07 bits per heavy atom. The van der Waals surface area contributed by atoms with Crippen LogP contribution in [0.4, 0.5) is 0 Å². The summed E-state index contributed by atoms with van der Waals surface area (Å²) in [6, 6.07) is 0.923. The maximum Gasteiger partial charge on any atom is 0.169 e. The zero-order chi connectivity index (χ0) is 10.6. The maximum absolute atomic E-state index is 5.46. The van der Waals surface area contributed by atoms with Crippen LogP contribution in [0, 0.1) is 0 Å². The van der Waals surface area contributed by atoms with Crippen LogP contribution < -0.4 is 10.6 Å². The third-order valence-corrected chi connectivity index (χ3v) is 3.34. The Hall–Kier alpha value is -0.160. The second-order valence-corrected chi connectivity index (χ2v) is 3.85. The van der Waals surface area contributed by atoms with E-state index in [2.05, 4.69) is 10.6 Å². The zero-order valence-corrected chi connectivity index (χ0v) is 9.59. The van der Waals surface area contributed by atoms with Gasteiger partial charge in [0.05, 0.1) is 0 Å². The molecule has 0 unspecified atom stereocenters. The summed E-state index contributed by atoms with van der Waals surface area (Å²) in [6.45, 7) is 0. The van der Waals surface area contributed by atoms with E-state index in [0.717, 1.165) is 19.3 Å². The molecular formula is C10H22N2O2. The van der Waals surface area contributed by atoms with E-state index in [1.165, 1.54) is 0 Å². The fraction of sp³-hybridized carbons (Fsp3) is 1.00. The van der Waals surface area contributed by atoms with E-state index in [4.69, 9.17) is 9.47 Å². The van der Waals surface area contributed by atoms with Gasteiger partial charge in [-0.3, -0.25) is 0 Å². The largest absolute Gasteiger partial charge is 0.353 e. The molecule has 0 aromatic heterocycles. The standard InChI is InChI=1S/C10H22N2O2/c1-11-8-5-6-10(13-3,14-4)7-9(8)12-2/h8-9,11-12H,5-7H2,1-4H3/t8-,9+/m0/s1. The molecule has 1 aliphatic rings. The van der Waals surface area contributed by atoms with E-state index in [1.54, 1.807) is 14.2 Å². The monoisotopic (exact) mass is 202 g/mol. The third-order valence-electron chi connectivity index (χ3n) is 3.34. The predicted octanol–water partition coefficient (Wildman–Crippen LogP) is 0.335. The first-order valence-corrected chi connectivity index (χ1v) is 5.16. The Labute approximate surface area is 86.3 Å². The molecule has 0 aliphatic heterocycles. The highest BCUT2D eigenvalue weighted by molar-refractivity contribution is 4.92. The first-order valence-electron chi connectivity index (χ1n) is 5.16. The van der Waals surface area contributed by atoms with E-state index < -0.39 is 0 Å². The Kier molecular flexibility index (Phi) is 4.31. The zero-order valence-electron chi connectivity index (χ0n) is 9.59. The molecule has 0 spiro atoms. The number of ether oxygens (including phenoxy) is 2. The van der Waals surface area contributed by atoms with Crippen molar-refractivity contribution in [3.05, 3.63) is 0 Å². The molecule has 0 saturated heterocycles. The summed E-state index contributed by atoms with van der Waals surface area (Å²) in [5, 5.41) is 6.62. The SMILES string of the molecule is CN[C@H]1CCC(OC)(OC)C[C@H]1NC. The van der Waals surface area contributed by atoms with Crippen molar-refractivity contribution in [3.63, 3.8) is 0 Å². The highest BCUT2D eigenvalue weighted by Crippen LogP contribution is 2.31. The van der Waals surface area contributed by atoms with Gasteiger partial charge in [0.1, 0.15) is 0 Å². The van der Waals surface area contributed by atoms with Crippen LogP contribution in [0.3, 0.4) is 0 Å². The van der Waals surface area contributed by atoms with Crippen LogP contribution in [0.2, 0.25) is 0 Å². The molecule has 1 fully saturated rings. The lowest BCUT2D eigenvalue weighted by atomic mass is 9.85. The van der Waals surface area contributed by atoms with Gasteiger partial charge in [-0.25, -0.2) is 0 Å². The highest BCUT2D eigenvalue weighted by atomic mass is 16.7. The second kappa shape index (κ2) is 5.07. The molecule has 2 atom stereocenters. The first-order chi connectivity index (χ1) is 6.71. The van der Waals surface area contributed by atoms with Crippen molar-refractivity contribution >= 4 is 0 Å². The predicted molar refractivity (Wildman–Crippen MR) is 56.3 cm³/mol. The van der Waals surface area contributed by atoms with Gasteiger partial charge in [-0.05, 0) is 20.5 Å². The Morgan fingerprint density at radius 1 is 1.07 bits per heavy atom. The van der Waals surface area contributed by atoms with Gasteiger partial charge in [-0.15, -0.1) is 0 Å². The van der Waals surface area contributed by atoms with E-state index >= 15 is 0 Å². The molecule has 0 bridgehead atoms. The normalized spacial score (nSPS) is 31.7. The van der Waals surface area contributed by atoms with Gasteiger partial charge in [-0.2, -0.15) is 0 Å². The summed E-state index contributed by atoms with van der Waals surface area (Å²) < 4.78 is 10.9. The lowest BCUT2D eigenvalue weighted by molar-refractivity contribution is -0.229. The van der Waals surface area contributed by atoms with Gasteiger partial charge in [0.25, 0.3) is 0 Å². The van der Waals surface area contributed by atoms with Crippen LogP contribution in [0.15, 0.2) is 0 Å². The molecule has 1 saturated carbocycles. The van der Waals surface area contributed by atoms with Crippen LogP contribution in [0.25, 0.3) is 0 Å². The molecule has 0 heterocycles. The lowest BCUT2D eigenvalue weighted by Gasteiger charge is -2.42. The molecule has 14 heavy (non-hydrogen) atoms. The van der Waals surface area contributed by atoms with Crippen molar-refractivity contribution < 1.29 is 9.47 Å². The third kappa shape index (κ3) is 2.25. The molecule has 0 radical (unpaired) electrons. The molecule has 84 valence electrons. The van der Waals surface area contributed by atoms with Crippen molar-refractivity contribution in [2.24, 2.45) is 0 Å². The minimum atomic E-state index is -0.388. The number of hydrogen-bond donors (Lipinski definition) is 2. The molecule has 1 rings (SSSR count). The average molecular weight is 202 g/mol. The van der Waals surface area contributed by atoms with Gasteiger partial charge in [-0.1, -0.05) is 0 Å². The summed E-state index contributed by atoms with van der Waals surface area (Å²) in [5.74, 6) is -0.388. The number of nitrogens with one attached hydrogen (secondary N) is 2. The van der Waals surface area contributed by atoms with Crippen molar-refractivity contribution in [3.8, 4) is 0 Å². The summed E-state index contributed by atoms with van der Waals surface area (Å²) in [5.41, 5.74) is 0. The van der Waals surface area contributed by atoms with Gasteiger partial charge in [0.15, 0.2) is 5.79 Å². The number of hydrogen-bond acceptors (Lipinski definition) is 4. The smallest absolute Gasteiger partial charge is 0.169 e. The quantitative estimate of drug-likeness (QED) is 0.645. The Morgan fingerprint density at radius 2 is 1.64 bits per heavy atom. The van der Waals surface area contributed by atoms with Crippen molar-refractivity contribution in [1.29, 1.82) is 0 Å². The number of methoxy groups -OCH3 is 2. The number of rotatable bonds is 4. The fourth-order valence-electron chi connectivity index (χ4n) is 2.26. The van der Waals surface area contributed by atoms with Crippen LogP contribution in [-0.2, 0) is 9.47 Å². The molecule has 0 aromatic carbocycles. The molecule has 0 amide bonds. The van der Waals surface area contributed by atoms with Crippen LogP contribution in [-0.4, -0.2) is 46.2 Å². The fourth-order valence-corrected chi connectivity index (χ4v) is 2.26. The van der Waals surface area contributed by atoms with Crippen molar-refractivity contribution in [1.82, 2.24) is 10.6 Å². The summed E-state index contributed by atoms with van der Waals surface area (Å²) >= 11 is 0. The molecule has 0 aromatic rings. The van der Waals surface area contributed by atoms with E-state index in [0.29, 0.717) is 12.1 Å². The Bertz CT molecular complexity index is 172. The van der Waals surface area contributed by atoms with Crippen molar-refractivity contribution in [2.45, 2.75) is 37.1 Å². The van der Waals surface area contributed by atoms with Gasteiger partial charge in [0.2, 0.25) is 0 Å². The summed E-state index contributed by atoms with van der Waals surface area (Å²) in [7, 11) is 7.42. The van der Waals surface area contributed by atoms with Gasteiger partial charge >= 0.3 is 0 Å². The van der Waals surface area contributed by atoms with Crippen LogP contribution >= 0.6 is 0 Å². The van der Waals surface area contributed by atoms with E-state index in [9.17, 15) is 0 Å².